The molecule has 0 unspecified atom stereocenters. The number of aromatic nitrogens is 3. The summed E-state index contributed by atoms with van der Waals surface area (Å²) in [5, 5.41) is 12.8. The Kier molecular flexibility index (Phi) is 6.66. The highest BCUT2D eigenvalue weighted by molar-refractivity contribution is 7.98. The summed E-state index contributed by atoms with van der Waals surface area (Å²) in [6.07, 6.45) is 0. The highest BCUT2D eigenvalue weighted by atomic mass is 32.2. The number of carbonyl (C=O) groups is 1. The van der Waals surface area contributed by atoms with Crippen molar-refractivity contribution in [2.75, 3.05) is 0 Å². The monoisotopic (exact) mass is 422 g/mol. The Morgan fingerprint density at radius 1 is 1.07 bits per heavy atom. The minimum absolute atomic E-state index is 0.0115. The van der Waals surface area contributed by atoms with Gasteiger partial charge in [0.15, 0.2) is 11.0 Å². The maximum absolute atomic E-state index is 12.5. The Labute approximate surface area is 183 Å². The van der Waals surface area contributed by atoms with Crippen LogP contribution in [0.2, 0.25) is 0 Å². The molecule has 5 nitrogen and oxygen atoms in total. The van der Waals surface area contributed by atoms with Crippen LogP contribution in [0.4, 0.5) is 0 Å². The third-order valence-corrected chi connectivity index (χ3v) is 5.96. The molecular weight excluding hydrogens is 392 g/mol. The molecule has 1 amide bonds. The van der Waals surface area contributed by atoms with Crippen molar-refractivity contribution in [2.24, 2.45) is 5.41 Å². The molecular formula is C24H30N4OS. The number of rotatable bonds is 6. The number of thioether (sulfide) groups is 1. The largest absolute Gasteiger partial charge is 0.346 e. The molecule has 0 aliphatic heterocycles. The summed E-state index contributed by atoms with van der Waals surface area (Å²) in [6.45, 7) is 11.9. The molecule has 0 radical (unpaired) electrons. The third-order valence-electron chi connectivity index (χ3n) is 4.98. The van der Waals surface area contributed by atoms with Crippen molar-refractivity contribution in [1.29, 1.82) is 0 Å². The minimum Gasteiger partial charge on any atom is -0.346 e. The van der Waals surface area contributed by atoms with Crippen molar-refractivity contribution in [1.82, 2.24) is 20.1 Å². The molecule has 0 bridgehead atoms. The van der Waals surface area contributed by atoms with Gasteiger partial charge in [-0.3, -0.25) is 9.36 Å². The highest BCUT2D eigenvalue weighted by Crippen LogP contribution is 2.29. The molecule has 158 valence electrons. The second-order valence-corrected chi connectivity index (χ2v) is 9.61. The van der Waals surface area contributed by atoms with Gasteiger partial charge in [0.05, 0.1) is 6.04 Å². The van der Waals surface area contributed by atoms with Crippen LogP contribution >= 0.6 is 11.8 Å². The van der Waals surface area contributed by atoms with Crippen molar-refractivity contribution in [3.05, 3.63) is 71.0 Å². The highest BCUT2D eigenvalue weighted by Gasteiger charge is 2.26. The minimum atomic E-state index is -0.467. The van der Waals surface area contributed by atoms with Crippen LogP contribution in [0.1, 0.15) is 56.3 Å². The predicted octanol–water partition coefficient (Wildman–Crippen LogP) is 5.40. The van der Waals surface area contributed by atoms with E-state index in [1.54, 1.807) is 11.8 Å². The quantitative estimate of drug-likeness (QED) is 0.540. The Balaban J connectivity index is 1.94. The molecule has 0 fully saturated rings. The molecule has 3 rings (SSSR count). The van der Waals surface area contributed by atoms with Gasteiger partial charge in [-0.1, -0.05) is 74.5 Å². The van der Waals surface area contributed by atoms with Crippen LogP contribution in [0.15, 0.2) is 53.7 Å². The first kappa shape index (κ1) is 22.1. The van der Waals surface area contributed by atoms with Crippen molar-refractivity contribution < 1.29 is 4.79 Å². The van der Waals surface area contributed by atoms with E-state index < -0.39 is 5.41 Å². The number of nitrogens with zero attached hydrogens (tertiary/aromatic N) is 3. The maximum atomic E-state index is 12.5. The molecule has 1 N–H and O–H groups in total. The van der Waals surface area contributed by atoms with Gasteiger partial charge in [-0.25, -0.2) is 0 Å². The zero-order chi connectivity index (χ0) is 21.9. The maximum Gasteiger partial charge on any atom is 0.225 e. The second kappa shape index (κ2) is 9.04. The Morgan fingerprint density at radius 2 is 1.73 bits per heavy atom. The summed E-state index contributed by atoms with van der Waals surface area (Å²) in [7, 11) is 0. The summed E-state index contributed by atoms with van der Waals surface area (Å²) in [4.78, 5) is 12.5. The van der Waals surface area contributed by atoms with Crippen molar-refractivity contribution in [3.63, 3.8) is 0 Å². The molecule has 0 aliphatic rings. The Bertz CT molecular complexity index is 1020. The SMILES string of the molecule is Cc1ccc(-n2c(SCc3ccccc3C)nnc2[C@H](C)NC(=O)C(C)(C)C)cc1. The fourth-order valence-corrected chi connectivity index (χ4v) is 4.02. The zero-order valence-corrected chi connectivity index (χ0v) is 19.4. The molecule has 0 aliphatic carbocycles. The van der Waals surface area contributed by atoms with Gasteiger partial charge in [0, 0.05) is 16.9 Å². The molecule has 6 heteroatoms. The number of benzene rings is 2. The Hall–Kier alpha value is -2.60. The van der Waals surface area contributed by atoms with Gasteiger partial charge in [-0.05, 0) is 44.0 Å². The van der Waals surface area contributed by atoms with Crippen LogP contribution in [0.5, 0.6) is 0 Å². The van der Waals surface area contributed by atoms with Gasteiger partial charge in [-0.2, -0.15) is 0 Å². The molecule has 2 aromatic carbocycles. The van der Waals surface area contributed by atoms with Gasteiger partial charge in [0.2, 0.25) is 5.91 Å². The van der Waals surface area contributed by atoms with Gasteiger partial charge >= 0.3 is 0 Å². The van der Waals surface area contributed by atoms with E-state index in [-0.39, 0.29) is 11.9 Å². The van der Waals surface area contributed by atoms with E-state index in [0.717, 1.165) is 22.4 Å². The predicted molar refractivity (Wildman–Crippen MR) is 123 cm³/mol. The van der Waals surface area contributed by atoms with Crippen molar-refractivity contribution in [3.8, 4) is 5.69 Å². The third kappa shape index (κ3) is 5.11. The van der Waals surface area contributed by atoms with Crippen LogP contribution in [0.3, 0.4) is 0 Å². The lowest BCUT2D eigenvalue weighted by Crippen LogP contribution is -2.37. The molecule has 1 aromatic heterocycles. The lowest BCUT2D eigenvalue weighted by atomic mass is 9.95. The van der Waals surface area contributed by atoms with Gasteiger partial charge in [0.25, 0.3) is 0 Å². The zero-order valence-electron chi connectivity index (χ0n) is 18.6. The first-order valence-corrected chi connectivity index (χ1v) is 11.2. The van der Waals surface area contributed by atoms with E-state index in [1.807, 2.05) is 27.7 Å². The summed E-state index contributed by atoms with van der Waals surface area (Å²) in [6, 6.07) is 16.4. The van der Waals surface area contributed by atoms with Crippen molar-refractivity contribution in [2.45, 2.75) is 58.5 Å². The average molecular weight is 423 g/mol. The number of aryl methyl sites for hydroxylation is 2. The molecule has 30 heavy (non-hydrogen) atoms. The smallest absolute Gasteiger partial charge is 0.225 e. The van der Waals surface area contributed by atoms with Gasteiger partial charge in [0.1, 0.15) is 0 Å². The Morgan fingerprint density at radius 3 is 2.37 bits per heavy atom. The van der Waals surface area contributed by atoms with E-state index in [4.69, 9.17) is 0 Å². The number of nitrogens with one attached hydrogen (secondary N) is 1. The lowest BCUT2D eigenvalue weighted by molar-refractivity contribution is -0.129. The van der Waals surface area contributed by atoms with E-state index in [1.165, 1.54) is 16.7 Å². The summed E-state index contributed by atoms with van der Waals surface area (Å²) in [5.74, 6) is 1.52. The fourth-order valence-electron chi connectivity index (χ4n) is 2.98. The molecule has 1 heterocycles. The lowest BCUT2D eigenvalue weighted by Gasteiger charge is -2.22. The number of hydrogen-bond acceptors (Lipinski definition) is 4. The van der Waals surface area contributed by atoms with Crippen LogP contribution in [0.25, 0.3) is 5.69 Å². The topological polar surface area (TPSA) is 59.8 Å². The van der Waals surface area contributed by atoms with Crippen molar-refractivity contribution >= 4 is 17.7 Å². The number of carbonyl (C=O) groups excluding carboxylic acids is 1. The summed E-state index contributed by atoms with van der Waals surface area (Å²) >= 11 is 1.65. The normalized spacial score (nSPS) is 12.6. The molecule has 0 spiro atoms. The van der Waals surface area contributed by atoms with Gasteiger partial charge in [-0.15, -0.1) is 10.2 Å². The van der Waals surface area contributed by atoms with E-state index in [9.17, 15) is 4.79 Å². The molecule has 0 saturated heterocycles. The molecule has 0 saturated carbocycles. The van der Waals surface area contributed by atoms with Crippen LogP contribution in [-0.2, 0) is 10.5 Å². The molecule has 3 aromatic rings. The average Bonchev–Trinajstić information content (AvgIpc) is 3.11. The molecule has 1 atom stereocenters. The first-order chi connectivity index (χ1) is 14.2. The second-order valence-electron chi connectivity index (χ2n) is 8.67. The summed E-state index contributed by atoms with van der Waals surface area (Å²) < 4.78 is 2.05. The van der Waals surface area contributed by atoms with Crippen LogP contribution in [-0.4, -0.2) is 20.7 Å². The van der Waals surface area contributed by atoms with E-state index in [0.29, 0.717) is 0 Å². The van der Waals surface area contributed by atoms with E-state index >= 15 is 0 Å². The fraction of sp³-hybridized carbons (Fsp3) is 0.375. The summed E-state index contributed by atoms with van der Waals surface area (Å²) in [5.41, 5.74) is 4.25. The van der Waals surface area contributed by atoms with Crippen LogP contribution < -0.4 is 5.32 Å². The number of amides is 1. The van der Waals surface area contributed by atoms with E-state index in [2.05, 4.69) is 82.5 Å². The van der Waals surface area contributed by atoms with Crippen LogP contribution in [0, 0.1) is 19.3 Å². The first-order valence-electron chi connectivity index (χ1n) is 10.2. The number of hydrogen-bond donors (Lipinski definition) is 1. The standard InChI is InChI=1S/C24H30N4OS/c1-16-11-13-20(14-12-16)28-21(18(3)25-22(29)24(4,5)6)26-27-23(28)30-15-19-10-8-7-9-17(19)2/h7-14,18H,15H2,1-6H3,(H,25,29)/t18-/m0/s1. The van der Waals surface area contributed by atoms with Gasteiger partial charge < -0.3 is 5.32 Å².